The fourth-order valence-electron chi connectivity index (χ4n) is 8.30. The van der Waals surface area contributed by atoms with E-state index in [1.165, 1.54) is 116 Å². The maximum absolute atomic E-state index is 13.1. The van der Waals surface area contributed by atoms with Crippen molar-refractivity contribution in [1.82, 2.24) is 5.32 Å². The van der Waals surface area contributed by atoms with Crippen LogP contribution >= 0.6 is 0 Å². The topological polar surface area (TPSA) is 228 Å². The first kappa shape index (κ1) is 55.1. The SMILES string of the molecule is CCCCCCCCCCCCCCCCCCC[C@@H](O)[C@H](CO[C@@H]1O[C@H](CO)[C@@H](O[C@@H]2O[C@H](CO)[C@H](O)C(O)C2O)C(O)C1O)NC(=O)CCCCCCCCCCC. The minimum Gasteiger partial charge on any atom is -0.394 e. The van der Waals surface area contributed by atoms with Gasteiger partial charge in [-0.2, -0.15) is 0 Å². The predicted octanol–water partition coefficient (Wildman–Crippen LogP) is 5.44. The summed E-state index contributed by atoms with van der Waals surface area (Å²) in [5, 5.41) is 86.6. The fourth-order valence-corrected chi connectivity index (χ4v) is 8.30. The van der Waals surface area contributed by atoms with Crippen LogP contribution in [-0.4, -0.2) is 140 Å². The number of ether oxygens (including phenoxy) is 4. The molecule has 0 aromatic heterocycles. The highest BCUT2D eigenvalue weighted by atomic mass is 16.7. The van der Waals surface area contributed by atoms with Crippen LogP contribution in [0.25, 0.3) is 0 Å². The molecule has 4 unspecified atom stereocenters. The first-order valence-corrected chi connectivity index (χ1v) is 24.3. The average Bonchev–Trinajstić information content (AvgIpc) is 3.24. The second-order valence-electron chi connectivity index (χ2n) is 17.6. The van der Waals surface area contributed by atoms with Crippen LogP contribution in [-0.2, 0) is 23.7 Å². The van der Waals surface area contributed by atoms with E-state index in [0.717, 1.165) is 51.4 Å². The Bertz CT molecular complexity index is 1020. The lowest BCUT2D eigenvalue weighted by atomic mass is 9.97. The van der Waals surface area contributed by atoms with Crippen molar-refractivity contribution < 1.29 is 64.6 Å². The van der Waals surface area contributed by atoms with Crippen LogP contribution in [0, 0.1) is 0 Å². The van der Waals surface area contributed by atoms with E-state index in [0.29, 0.717) is 12.8 Å². The van der Waals surface area contributed by atoms with E-state index < -0.39 is 86.8 Å². The van der Waals surface area contributed by atoms with Crippen LogP contribution in [0.2, 0.25) is 0 Å². The number of hydrogen-bond donors (Lipinski definition) is 9. The summed E-state index contributed by atoms with van der Waals surface area (Å²) in [6, 6.07) is -0.819. The first-order valence-electron chi connectivity index (χ1n) is 24.3. The number of amides is 1. The molecule has 0 radical (unpaired) electrons. The second-order valence-corrected chi connectivity index (χ2v) is 17.6. The van der Waals surface area contributed by atoms with E-state index in [-0.39, 0.29) is 12.5 Å². The average molecular weight is 864 g/mol. The van der Waals surface area contributed by atoms with Crippen LogP contribution < -0.4 is 5.32 Å². The molecule has 0 aromatic carbocycles. The second kappa shape index (κ2) is 34.4. The Morgan fingerprint density at radius 3 is 1.42 bits per heavy atom. The van der Waals surface area contributed by atoms with Crippen molar-refractivity contribution in [2.45, 2.75) is 267 Å². The summed E-state index contributed by atoms with van der Waals surface area (Å²) in [5.74, 6) is -0.209. The fraction of sp³-hybridized carbons (Fsp3) is 0.978. The quantitative estimate of drug-likeness (QED) is 0.0356. The Morgan fingerprint density at radius 1 is 0.533 bits per heavy atom. The number of nitrogens with one attached hydrogen (secondary N) is 1. The van der Waals surface area contributed by atoms with Crippen molar-refractivity contribution in [3.8, 4) is 0 Å². The van der Waals surface area contributed by atoms with Crippen LogP contribution in [0.1, 0.15) is 194 Å². The van der Waals surface area contributed by atoms with E-state index in [9.17, 15) is 45.6 Å². The molecule has 2 rings (SSSR count). The first-order chi connectivity index (χ1) is 29.1. The molecular formula is C46H89NO13. The summed E-state index contributed by atoms with van der Waals surface area (Å²) in [5.41, 5.74) is 0. The molecule has 0 aromatic rings. The summed E-state index contributed by atoms with van der Waals surface area (Å²) in [7, 11) is 0. The summed E-state index contributed by atoms with van der Waals surface area (Å²) < 4.78 is 22.7. The Labute approximate surface area is 362 Å². The third-order valence-corrected chi connectivity index (χ3v) is 12.3. The summed E-state index contributed by atoms with van der Waals surface area (Å²) in [6.07, 6.45) is 15.5. The van der Waals surface area contributed by atoms with Crippen LogP contribution in [0.4, 0.5) is 0 Å². The van der Waals surface area contributed by atoms with Crippen LogP contribution in [0.3, 0.4) is 0 Å². The van der Waals surface area contributed by atoms with Gasteiger partial charge in [-0.25, -0.2) is 0 Å². The van der Waals surface area contributed by atoms with E-state index in [2.05, 4.69) is 19.2 Å². The largest absolute Gasteiger partial charge is 0.394 e. The van der Waals surface area contributed by atoms with Crippen molar-refractivity contribution in [3.05, 3.63) is 0 Å². The van der Waals surface area contributed by atoms with Gasteiger partial charge < -0.3 is 65.1 Å². The molecule has 2 saturated heterocycles. The normalized spacial score (nSPS) is 28.2. The predicted molar refractivity (Wildman–Crippen MR) is 231 cm³/mol. The Balaban J connectivity index is 1.83. The number of aliphatic hydroxyl groups excluding tert-OH is 8. The molecule has 60 heavy (non-hydrogen) atoms. The molecule has 0 bridgehead atoms. The van der Waals surface area contributed by atoms with Crippen LogP contribution in [0.15, 0.2) is 0 Å². The van der Waals surface area contributed by atoms with Crippen molar-refractivity contribution in [3.63, 3.8) is 0 Å². The number of carbonyl (C=O) groups excluding carboxylic acids is 1. The Hall–Kier alpha value is -1.01. The zero-order chi connectivity index (χ0) is 44.0. The van der Waals surface area contributed by atoms with Gasteiger partial charge in [0.25, 0.3) is 0 Å². The molecular weight excluding hydrogens is 774 g/mol. The Kier molecular flexibility index (Phi) is 31.6. The minimum absolute atomic E-state index is 0.209. The standard InChI is InChI=1S/C46H89NO13/c1-3-5-7-9-11-13-14-15-16-17-18-19-20-22-23-25-27-29-35(50)34(47-38(51)30-28-26-24-21-12-10-8-6-4-2)33-57-45-43(56)41(54)44(37(32-49)59-45)60-46-42(55)40(53)39(52)36(31-48)58-46/h34-37,39-46,48-50,52-56H,3-33H2,1-2H3,(H,47,51)/t34-,35+,36+,37+,39-,40?,41?,42?,43?,44+,45+,46-/m0/s1. The molecule has 9 N–H and O–H groups in total. The van der Waals surface area contributed by atoms with Gasteiger partial charge in [0.2, 0.25) is 5.91 Å². The van der Waals surface area contributed by atoms with Gasteiger partial charge in [0.15, 0.2) is 12.6 Å². The molecule has 14 nitrogen and oxygen atoms in total. The lowest BCUT2D eigenvalue weighted by molar-refractivity contribution is -0.359. The Morgan fingerprint density at radius 2 is 0.950 bits per heavy atom. The van der Waals surface area contributed by atoms with E-state index >= 15 is 0 Å². The van der Waals surface area contributed by atoms with Gasteiger partial charge in [0.05, 0.1) is 32.0 Å². The van der Waals surface area contributed by atoms with E-state index in [1.807, 2.05) is 0 Å². The smallest absolute Gasteiger partial charge is 0.220 e. The third kappa shape index (κ3) is 22.1. The molecule has 12 atom stereocenters. The van der Waals surface area contributed by atoms with Gasteiger partial charge in [-0.15, -0.1) is 0 Å². The lowest BCUT2D eigenvalue weighted by Crippen LogP contribution is -2.65. The zero-order valence-electron chi connectivity index (χ0n) is 37.5. The summed E-state index contributed by atoms with van der Waals surface area (Å²) >= 11 is 0. The summed E-state index contributed by atoms with van der Waals surface area (Å²) in [6.45, 7) is 2.82. The molecule has 2 aliphatic rings. The maximum Gasteiger partial charge on any atom is 0.220 e. The van der Waals surface area contributed by atoms with Gasteiger partial charge in [-0.05, 0) is 12.8 Å². The lowest BCUT2D eigenvalue weighted by Gasteiger charge is -2.46. The van der Waals surface area contributed by atoms with Crippen LogP contribution in [0.5, 0.6) is 0 Å². The van der Waals surface area contributed by atoms with Crippen molar-refractivity contribution in [2.75, 3.05) is 19.8 Å². The van der Waals surface area contributed by atoms with Gasteiger partial charge in [-0.3, -0.25) is 4.79 Å². The molecule has 1 amide bonds. The maximum atomic E-state index is 13.1. The monoisotopic (exact) mass is 864 g/mol. The molecule has 2 heterocycles. The summed E-state index contributed by atoms with van der Waals surface area (Å²) in [4.78, 5) is 13.1. The molecule has 356 valence electrons. The van der Waals surface area contributed by atoms with Crippen molar-refractivity contribution in [2.24, 2.45) is 0 Å². The zero-order valence-corrected chi connectivity index (χ0v) is 37.5. The number of rotatable bonds is 37. The molecule has 0 aliphatic carbocycles. The number of hydrogen-bond acceptors (Lipinski definition) is 13. The molecule has 0 saturated carbocycles. The highest BCUT2D eigenvalue weighted by Crippen LogP contribution is 2.30. The highest BCUT2D eigenvalue weighted by molar-refractivity contribution is 5.76. The van der Waals surface area contributed by atoms with E-state index in [4.69, 9.17) is 18.9 Å². The number of carbonyl (C=O) groups is 1. The number of unbranched alkanes of at least 4 members (excludes halogenated alkanes) is 24. The van der Waals surface area contributed by atoms with Gasteiger partial charge in [0, 0.05) is 6.42 Å². The van der Waals surface area contributed by atoms with Crippen molar-refractivity contribution in [1.29, 1.82) is 0 Å². The highest BCUT2D eigenvalue weighted by Gasteiger charge is 2.51. The van der Waals surface area contributed by atoms with Crippen molar-refractivity contribution >= 4 is 5.91 Å². The van der Waals surface area contributed by atoms with Gasteiger partial charge in [-0.1, -0.05) is 174 Å². The molecule has 14 heteroatoms. The number of aliphatic hydroxyl groups is 8. The molecule has 0 spiro atoms. The third-order valence-electron chi connectivity index (χ3n) is 12.3. The van der Waals surface area contributed by atoms with E-state index in [1.54, 1.807) is 0 Å². The van der Waals surface area contributed by atoms with Gasteiger partial charge >= 0.3 is 0 Å². The molecule has 2 aliphatic heterocycles. The van der Waals surface area contributed by atoms with Gasteiger partial charge in [0.1, 0.15) is 48.8 Å². The minimum atomic E-state index is -1.78. The molecule has 2 fully saturated rings.